The van der Waals surface area contributed by atoms with Gasteiger partial charge in [-0.2, -0.15) is 0 Å². The second-order valence-electron chi connectivity index (χ2n) is 4.72. The van der Waals surface area contributed by atoms with Gasteiger partial charge in [-0.15, -0.1) is 11.3 Å². The maximum atomic E-state index is 12.0. The van der Waals surface area contributed by atoms with Crippen LogP contribution in [0, 0.1) is 5.92 Å². The van der Waals surface area contributed by atoms with E-state index in [2.05, 4.69) is 10.9 Å². The van der Waals surface area contributed by atoms with E-state index in [4.69, 9.17) is 0 Å². The van der Waals surface area contributed by atoms with Crippen molar-refractivity contribution in [2.24, 2.45) is 5.92 Å². The van der Waals surface area contributed by atoms with Gasteiger partial charge in [-0.25, -0.2) is 0 Å². The van der Waals surface area contributed by atoms with Crippen LogP contribution in [0.25, 0.3) is 0 Å². The lowest BCUT2D eigenvalue weighted by Gasteiger charge is -2.31. The van der Waals surface area contributed by atoms with Crippen LogP contribution in [0.4, 0.5) is 0 Å². The molecule has 2 N–H and O–H groups in total. The van der Waals surface area contributed by atoms with E-state index in [1.165, 1.54) is 18.3 Å². The summed E-state index contributed by atoms with van der Waals surface area (Å²) < 4.78 is 0. The summed E-state index contributed by atoms with van der Waals surface area (Å²) >= 11 is 1.31. The number of carbonyl (C=O) groups excluding carboxylic acids is 3. The number of nitrogens with zero attached hydrogens (tertiary/aromatic N) is 1. The van der Waals surface area contributed by atoms with E-state index in [9.17, 15) is 14.4 Å². The maximum absolute atomic E-state index is 12.0. The van der Waals surface area contributed by atoms with Crippen molar-refractivity contribution >= 4 is 29.1 Å². The minimum atomic E-state index is -0.326. The van der Waals surface area contributed by atoms with Gasteiger partial charge in [0.25, 0.3) is 5.91 Å². The van der Waals surface area contributed by atoms with Gasteiger partial charge in [-0.1, -0.05) is 6.07 Å². The first kappa shape index (κ1) is 14.5. The van der Waals surface area contributed by atoms with Gasteiger partial charge in [0.1, 0.15) is 0 Å². The van der Waals surface area contributed by atoms with E-state index in [-0.39, 0.29) is 23.6 Å². The van der Waals surface area contributed by atoms with E-state index in [0.29, 0.717) is 18.0 Å². The molecule has 20 heavy (non-hydrogen) atoms. The fourth-order valence-electron chi connectivity index (χ4n) is 2.17. The Bertz CT molecular complexity index is 501. The van der Waals surface area contributed by atoms with Crippen molar-refractivity contribution in [1.82, 2.24) is 15.8 Å². The summed E-state index contributed by atoms with van der Waals surface area (Å²) in [6.07, 6.45) is 1.53. The number of likely N-dealkylation sites (tertiary alicyclic amines) is 1. The third-order valence-electron chi connectivity index (χ3n) is 3.28. The highest BCUT2D eigenvalue weighted by atomic mass is 32.1. The number of hydrogen-bond acceptors (Lipinski definition) is 4. The average molecular weight is 295 g/mol. The number of thiophene rings is 1. The van der Waals surface area contributed by atoms with Crippen molar-refractivity contribution in [3.8, 4) is 0 Å². The normalized spacial score (nSPS) is 18.4. The summed E-state index contributed by atoms with van der Waals surface area (Å²) in [5.41, 5.74) is 4.82. The van der Waals surface area contributed by atoms with E-state index in [1.807, 2.05) is 0 Å². The SMILES string of the molecule is CC(=O)N1CCC[C@H](C(=O)NNC(=O)c2cccs2)C1. The number of piperidine rings is 1. The molecule has 2 heterocycles. The van der Waals surface area contributed by atoms with Gasteiger partial charge in [0.05, 0.1) is 10.8 Å². The summed E-state index contributed by atoms with van der Waals surface area (Å²) in [4.78, 5) is 37.2. The number of hydrazine groups is 1. The van der Waals surface area contributed by atoms with Crippen LogP contribution in [0.5, 0.6) is 0 Å². The topological polar surface area (TPSA) is 78.5 Å². The Morgan fingerprint density at radius 2 is 2.15 bits per heavy atom. The van der Waals surface area contributed by atoms with Crippen LogP contribution in [0.15, 0.2) is 17.5 Å². The molecule has 1 atom stereocenters. The summed E-state index contributed by atoms with van der Waals surface area (Å²) in [6.45, 7) is 2.61. The van der Waals surface area contributed by atoms with E-state index in [0.717, 1.165) is 12.8 Å². The molecule has 0 unspecified atom stereocenters. The Labute approximate surface area is 121 Å². The first-order chi connectivity index (χ1) is 9.58. The Morgan fingerprint density at radius 1 is 1.35 bits per heavy atom. The Balaban J connectivity index is 1.82. The van der Waals surface area contributed by atoms with Crippen LogP contribution in [-0.2, 0) is 9.59 Å². The second-order valence-corrected chi connectivity index (χ2v) is 5.67. The Hall–Kier alpha value is -1.89. The molecular formula is C13H17N3O3S. The zero-order chi connectivity index (χ0) is 14.5. The summed E-state index contributed by atoms with van der Waals surface area (Å²) in [5, 5.41) is 1.79. The Kier molecular flexibility index (Phi) is 4.73. The number of nitrogens with one attached hydrogen (secondary N) is 2. The molecule has 0 spiro atoms. The standard InChI is InChI=1S/C13H17N3O3S/c1-9(17)16-6-2-4-10(8-16)12(18)14-15-13(19)11-5-3-7-20-11/h3,5,7,10H,2,4,6,8H2,1H3,(H,14,18)(H,15,19)/t10-/m0/s1. The smallest absolute Gasteiger partial charge is 0.279 e. The highest BCUT2D eigenvalue weighted by molar-refractivity contribution is 7.12. The molecule has 1 aromatic rings. The third kappa shape index (κ3) is 3.57. The molecule has 1 aliphatic rings. The molecule has 1 fully saturated rings. The minimum absolute atomic E-state index is 0.0230. The highest BCUT2D eigenvalue weighted by Gasteiger charge is 2.27. The zero-order valence-corrected chi connectivity index (χ0v) is 12.0. The van der Waals surface area contributed by atoms with E-state index >= 15 is 0 Å². The summed E-state index contributed by atoms with van der Waals surface area (Å²) in [6, 6.07) is 3.46. The molecule has 1 saturated heterocycles. The van der Waals surface area contributed by atoms with Gasteiger partial charge in [-0.3, -0.25) is 25.2 Å². The van der Waals surface area contributed by atoms with Crippen LogP contribution >= 0.6 is 11.3 Å². The molecular weight excluding hydrogens is 278 g/mol. The maximum Gasteiger partial charge on any atom is 0.279 e. The van der Waals surface area contributed by atoms with Gasteiger partial charge < -0.3 is 4.90 Å². The van der Waals surface area contributed by atoms with Crippen molar-refractivity contribution in [3.63, 3.8) is 0 Å². The monoisotopic (exact) mass is 295 g/mol. The van der Waals surface area contributed by atoms with Crippen molar-refractivity contribution in [1.29, 1.82) is 0 Å². The Morgan fingerprint density at radius 3 is 2.80 bits per heavy atom. The molecule has 108 valence electrons. The fourth-order valence-corrected chi connectivity index (χ4v) is 2.79. The lowest BCUT2D eigenvalue weighted by atomic mass is 9.97. The van der Waals surface area contributed by atoms with Crippen molar-refractivity contribution in [2.75, 3.05) is 13.1 Å². The van der Waals surface area contributed by atoms with Crippen LogP contribution in [0.1, 0.15) is 29.4 Å². The molecule has 0 saturated carbocycles. The van der Waals surface area contributed by atoms with Gasteiger partial charge >= 0.3 is 0 Å². The molecule has 1 aliphatic heterocycles. The molecule has 7 heteroatoms. The highest BCUT2D eigenvalue weighted by Crippen LogP contribution is 2.16. The summed E-state index contributed by atoms with van der Waals surface area (Å²) in [7, 11) is 0. The van der Waals surface area contributed by atoms with Crippen molar-refractivity contribution in [3.05, 3.63) is 22.4 Å². The molecule has 0 aliphatic carbocycles. The number of rotatable bonds is 2. The third-order valence-corrected chi connectivity index (χ3v) is 4.15. The van der Waals surface area contributed by atoms with Gasteiger partial charge in [-0.05, 0) is 24.3 Å². The van der Waals surface area contributed by atoms with Gasteiger partial charge in [0, 0.05) is 20.0 Å². The summed E-state index contributed by atoms with van der Waals surface area (Å²) in [5.74, 6) is -0.866. The lowest BCUT2D eigenvalue weighted by Crippen LogP contribution is -2.49. The molecule has 0 bridgehead atoms. The van der Waals surface area contributed by atoms with Crippen LogP contribution in [0.2, 0.25) is 0 Å². The molecule has 2 rings (SSSR count). The molecule has 6 nitrogen and oxygen atoms in total. The van der Waals surface area contributed by atoms with Crippen LogP contribution in [-0.4, -0.2) is 35.7 Å². The lowest BCUT2D eigenvalue weighted by molar-refractivity contribution is -0.134. The van der Waals surface area contributed by atoms with Crippen LogP contribution in [0.3, 0.4) is 0 Å². The largest absolute Gasteiger partial charge is 0.342 e. The van der Waals surface area contributed by atoms with Crippen LogP contribution < -0.4 is 10.9 Å². The van der Waals surface area contributed by atoms with Crippen molar-refractivity contribution < 1.29 is 14.4 Å². The predicted molar refractivity (Wildman–Crippen MR) is 74.9 cm³/mol. The number of carbonyl (C=O) groups is 3. The van der Waals surface area contributed by atoms with Gasteiger partial charge in [0.15, 0.2) is 0 Å². The van der Waals surface area contributed by atoms with E-state index < -0.39 is 0 Å². The molecule has 0 aromatic carbocycles. The molecule has 1 aromatic heterocycles. The minimum Gasteiger partial charge on any atom is -0.342 e. The quantitative estimate of drug-likeness (QED) is 0.791. The first-order valence-electron chi connectivity index (χ1n) is 6.47. The molecule has 0 radical (unpaired) electrons. The van der Waals surface area contributed by atoms with Gasteiger partial charge in [0.2, 0.25) is 11.8 Å². The molecule has 3 amide bonds. The van der Waals surface area contributed by atoms with E-state index in [1.54, 1.807) is 22.4 Å². The number of hydrogen-bond donors (Lipinski definition) is 2. The fraction of sp³-hybridized carbons (Fsp3) is 0.462. The number of amides is 3. The zero-order valence-electron chi connectivity index (χ0n) is 11.2. The first-order valence-corrected chi connectivity index (χ1v) is 7.35. The van der Waals surface area contributed by atoms with Crippen molar-refractivity contribution in [2.45, 2.75) is 19.8 Å². The average Bonchev–Trinajstić information content (AvgIpc) is 2.98. The second kappa shape index (κ2) is 6.51. The predicted octanol–water partition coefficient (Wildman–Crippen LogP) is 0.768.